The molecular formula is C23H17Cl2NO4. The number of nitrogens with zero attached hydrogens (tertiary/aromatic N) is 1. The molecule has 152 valence electrons. The van der Waals surface area contributed by atoms with Crippen LogP contribution >= 0.6 is 23.2 Å². The lowest BCUT2D eigenvalue weighted by molar-refractivity contribution is 0.0813. The van der Waals surface area contributed by atoms with Crippen molar-refractivity contribution in [2.24, 2.45) is 0 Å². The summed E-state index contributed by atoms with van der Waals surface area (Å²) in [5, 5.41) is 0.881. The number of furan rings is 1. The van der Waals surface area contributed by atoms with E-state index in [-0.39, 0.29) is 11.5 Å². The Hall–Kier alpha value is -2.73. The number of ether oxygens (including phenoxy) is 2. The van der Waals surface area contributed by atoms with Gasteiger partial charge in [0.1, 0.15) is 24.0 Å². The number of carbonyl (C=O) groups excluding carboxylic acids is 1. The van der Waals surface area contributed by atoms with Crippen LogP contribution in [0.25, 0.3) is 6.08 Å². The molecular weight excluding hydrogens is 425 g/mol. The number of benzene rings is 2. The van der Waals surface area contributed by atoms with Crippen molar-refractivity contribution in [3.05, 3.63) is 86.5 Å². The summed E-state index contributed by atoms with van der Waals surface area (Å²) in [5.74, 6) is 2.27. The number of hydrogen-bond donors (Lipinski definition) is 0. The maximum absolute atomic E-state index is 13.0. The number of fused-ring (bicyclic) bond motifs is 2. The standard InChI is InChI=1S/C23H17Cl2NO4/c1-13-22-15(10-26(12-29-22)11-16-3-2-6-28-16)9-17-21(27)20(30-23(13)17)8-14-4-5-18(24)19(25)7-14/h2-9H,10-12H2,1H3/b20-8-. The maximum Gasteiger partial charge on any atom is 0.231 e. The van der Waals surface area contributed by atoms with Crippen molar-refractivity contribution in [3.8, 4) is 11.5 Å². The van der Waals surface area contributed by atoms with Gasteiger partial charge in [0, 0.05) is 17.7 Å². The van der Waals surface area contributed by atoms with Crippen LogP contribution in [0, 0.1) is 6.92 Å². The van der Waals surface area contributed by atoms with Crippen molar-refractivity contribution in [1.82, 2.24) is 4.90 Å². The number of carbonyl (C=O) groups is 1. The molecule has 0 N–H and O–H groups in total. The van der Waals surface area contributed by atoms with Crippen molar-refractivity contribution in [2.75, 3.05) is 6.73 Å². The molecule has 3 aromatic rings. The van der Waals surface area contributed by atoms with Gasteiger partial charge in [-0.2, -0.15) is 0 Å². The van der Waals surface area contributed by atoms with Crippen LogP contribution in [-0.2, 0) is 13.1 Å². The third kappa shape index (κ3) is 3.39. The van der Waals surface area contributed by atoms with Crippen LogP contribution in [-0.4, -0.2) is 17.4 Å². The summed E-state index contributed by atoms with van der Waals surface area (Å²) in [6.45, 7) is 3.64. The molecule has 0 bridgehead atoms. The molecule has 0 fully saturated rings. The van der Waals surface area contributed by atoms with E-state index < -0.39 is 0 Å². The summed E-state index contributed by atoms with van der Waals surface area (Å²) >= 11 is 12.1. The third-order valence-corrected chi connectivity index (χ3v) is 5.94. The Morgan fingerprint density at radius 3 is 2.77 bits per heavy atom. The van der Waals surface area contributed by atoms with E-state index in [2.05, 4.69) is 4.90 Å². The first kappa shape index (κ1) is 19.2. The highest BCUT2D eigenvalue weighted by Gasteiger charge is 2.33. The van der Waals surface area contributed by atoms with Crippen LogP contribution in [0.2, 0.25) is 10.0 Å². The lowest BCUT2D eigenvalue weighted by atomic mass is 10.00. The van der Waals surface area contributed by atoms with Crippen LogP contribution in [0.1, 0.15) is 32.8 Å². The van der Waals surface area contributed by atoms with Gasteiger partial charge in [-0.15, -0.1) is 0 Å². The van der Waals surface area contributed by atoms with Gasteiger partial charge in [-0.1, -0.05) is 29.3 Å². The second-order valence-corrected chi connectivity index (χ2v) is 8.13. The molecule has 0 saturated heterocycles. The van der Waals surface area contributed by atoms with E-state index in [9.17, 15) is 4.79 Å². The monoisotopic (exact) mass is 441 g/mol. The number of Topliss-reactive ketones (excluding diaryl/α,β-unsaturated/α-hetero) is 1. The van der Waals surface area contributed by atoms with E-state index >= 15 is 0 Å². The van der Waals surface area contributed by atoms with Crippen molar-refractivity contribution >= 4 is 35.1 Å². The van der Waals surface area contributed by atoms with Crippen LogP contribution < -0.4 is 9.47 Å². The Morgan fingerprint density at radius 2 is 2.00 bits per heavy atom. The van der Waals surface area contributed by atoms with Crippen molar-refractivity contribution in [1.29, 1.82) is 0 Å². The van der Waals surface area contributed by atoms with Gasteiger partial charge in [-0.05, 0) is 48.9 Å². The SMILES string of the molecule is Cc1c2c(cc3c1O/C(=C\c1ccc(Cl)c(Cl)c1)C3=O)CN(Cc1ccco1)CO2. The predicted octanol–water partition coefficient (Wildman–Crippen LogP) is 5.86. The fourth-order valence-electron chi connectivity index (χ4n) is 3.77. The maximum atomic E-state index is 13.0. The van der Waals surface area contributed by atoms with Gasteiger partial charge < -0.3 is 13.9 Å². The summed E-state index contributed by atoms with van der Waals surface area (Å²) < 4.78 is 17.4. The van der Waals surface area contributed by atoms with Gasteiger partial charge >= 0.3 is 0 Å². The first-order valence-corrected chi connectivity index (χ1v) is 10.2. The van der Waals surface area contributed by atoms with E-state index in [0.29, 0.717) is 41.2 Å². The Balaban J connectivity index is 1.44. The van der Waals surface area contributed by atoms with E-state index in [4.69, 9.17) is 37.1 Å². The number of ketones is 1. The quantitative estimate of drug-likeness (QED) is 0.476. The minimum atomic E-state index is -0.162. The Bertz CT molecular complexity index is 1180. The molecule has 30 heavy (non-hydrogen) atoms. The average Bonchev–Trinajstić information content (AvgIpc) is 3.34. The normalized spacial score (nSPS) is 16.9. The molecule has 0 aliphatic carbocycles. The lowest BCUT2D eigenvalue weighted by Crippen LogP contribution is -2.31. The van der Waals surface area contributed by atoms with Crippen molar-refractivity contribution < 1.29 is 18.7 Å². The summed E-state index contributed by atoms with van der Waals surface area (Å²) in [4.78, 5) is 15.1. The van der Waals surface area contributed by atoms with Gasteiger partial charge in [-0.25, -0.2) is 0 Å². The largest absolute Gasteiger partial charge is 0.477 e. The van der Waals surface area contributed by atoms with E-state index in [1.54, 1.807) is 30.5 Å². The van der Waals surface area contributed by atoms with E-state index in [1.807, 2.05) is 25.1 Å². The number of hydrogen-bond acceptors (Lipinski definition) is 5. The first-order valence-electron chi connectivity index (χ1n) is 9.43. The molecule has 0 unspecified atom stereocenters. The van der Waals surface area contributed by atoms with Crippen molar-refractivity contribution in [3.63, 3.8) is 0 Å². The fourth-order valence-corrected chi connectivity index (χ4v) is 4.08. The molecule has 0 saturated carbocycles. The minimum absolute atomic E-state index is 0.162. The Morgan fingerprint density at radius 1 is 1.13 bits per heavy atom. The third-order valence-electron chi connectivity index (χ3n) is 5.20. The van der Waals surface area contributed by atoms with E-state index in [1.165, 1.54) is 0 Å². The summed E-state index contributed by atoms with van der Waals surface area (Å²) in [6.07, 6.45) is 3.33. The molecule has 5 rings (SSSR count). The van der Waals surface area contributed by atoms with Crippen LogP contribution in [0.15, 0.2) is 52.8 Å². The molecule has 0 atom stereocenters. The number of rotatable bonds is 3. The molecule has 0 radical (unpaired) electrons. The van der Waals surface area contributed by atoms with Gasteiger partial charge in [-0.3, -0.25) is 9.69 Å². The molecule has 2 aliphatic rings. The highest BCUT2D eigenvalue weighted by atomic mass is 35.5. The van der Waals surface area contributed by atoms with Gasteiger partial charge in [0.25, 0.3) is 0 Å². The molecule has 2 aromatic carbocycles. The van der Waals surface area contributed by atoms with Gasteiger partial charge in [0.15, 0.2) is 5.76 Å². The molecule has 5 nitrogen and oxygen atoms in total. The van der Waals surface area contributed by atoms with Crippen LogP contribution in [0.3, 0.4) is 0 Å². The summed E-state index contributed by atoms with van der Waals surface area (Å²) in [7, 11) is 0. The zero-order chi connectivity index (χ0) is 20.8. The topological polar surface area (TPSA) is 51.9 Å². The summed E-state index contributed by atoms with van der Waals surface area (Å²) in [6, 6.07) is 10.8. The molecule has 0 spiro atoms. The van der Waals surface area contributed by atoms with Crippen LogP contribution in [0.5, 0.6) is 11.5 Å². The van der Waals surface area contributed by atoms with Gasteiger partial charge in [0.05, 0.1) is 28.4 Å². The van der Waals surface area contributed by atoms with Gasteiger partial charge in [0.2, 0.25) is 5.78 Å². The van der Waals surface area contributed by atoms with E-state index in [0.717, 1.165) is 28.2 Å². The Kier molecular flexibility index (Phi) is 4.82. The highest BCUT2D eigenvalue weighted by molar-refractivity contribution is 6.42. The molecule has 7 heteroatoms. The smallest absolute Gasteiger partial charge is 0.231 e. The average molecular weight is 442 g/mol. The molecule has 3 heterocycles. The van der Waals surface area contributed by atoms with Crippen molar-refractivity contribution in [2.45, 2.75) is 20.0 Å². The highest BCUT2D eigenvalue weighted by Crippen LogP contribution is 2.43. The first-order chi connectivity index (χ1) is 14.5. The number of halogens is 2. The lowest BCUT2D eigenvalue weighted by Gasteiger charge is -2.29. The second kappa shape index (κ2) is 7.51. The zero-order valence-corrected chi connectivity index (χ0v) is 17.6. The molecule has 1 aromatic heterocycles. The minimum Gasteiger partial charge on any atom is -0.477 e. The van der Waals surface area contributed by atoms with Crippen LogP contribution in [0.4, 0.5) is 0 Å². The number of allylic oxidation sites excluding steroid dienone is 1. The fraction of sp³-hybridized carbons (Fsp3) is 0.174. The predicted molar refractivity (Wildman–Crippen MR) is 114 cm³/mol. The summed E-state index contributed by atoms with van der Waals surface area (Å²) in [5.41, 5.74) is 3.06. The zero-order valence-electron chi connectivity index (χ0n) is 16.1. The Labute approximate surface area is 183 Å². The molecule has 2 aliphatic heterocycles. The second-order valence-electron chi connectivity index (χ2n) is 7.32. The molecule has 0 amide bonds.